The van der Waals surface area contributed by atoms with Gasteiger partial charge in [0.05, 0.1) is 13.4 Å². The SMILES string of the molecule is COc1ccc(NC(=O)NC(=O)COC(=O)[C@@H]2CCCN2S(C)(=O)=O)cc1. The number of carbonyl (C=O) groups is 3. The summed E-state index contributed by atoms with van der Waals surface area (Å²) in [5.74, 6) is -1.04. The van der Waals surface area contributed by atoms with Gasteiger partial charge in [-0.25, -0.2) is 13.2 Å². The van der Waals surface area contributed by atoms with E-state index in [1.807, 2.05) is 5.32 Å². The number of ether oxygens (including phenoxy) is 2. The number of carbonyl (C=O) groups excluding carboxylic acids is 3. The summed E-state index contributed by atoms with van der Waals surface area (Å²) in [4.78, 5) is 35.5. The van der Waals surface area contributed by atoms with E-state index < -0.39 is 40.6 Å². The number of amides is 3. The highest BCUT2D eigenvalue weighted by atomic mass is 32.2. The van der Waals surface area contributed by atoms with Gasteiger partial charge in [0.15, 0.2) is 6.61 Å². The van der Waals surface area contributed by atoms with Crippen LogP contribution in [-0.2, 0) is 24.3 Å². The van der Waals surface area contributed by atoms with Crippen molar-refractivity contribution in [2.75, 3.05) is 31.8 Å². The summed E-state index contributed by atoms with van der Waals surface area (Å²) in [5.41, 5.74) is 0.438. The minimum Gasteiger partial charge on any atom is -0.497 e. The average Bonchev–Trinajstić information content (AvgIpc) is 3.10. The fourth-order valence-corrected chi connectivity index (χ4v) is 3.72. The van der Waals surface area contributed by atoms with Crippen LogP contribution in [0.15, 0.2) is 24.3 Å². The second-order valence-corrected chi connectivity index (χ2v) is 7.81. The van der Waals surface area contributed by atoms with Crippen LogP contribution in [0.25, 0.3) is 0 Å². The van der Waals surface area contributed by atoms with E-state index in [0.29, 0.717) is 24.3 Å². The van der Waals surface area contributed by atoms with E-state index in [4.69, 9.17) is 9.47 Å². The van der Waals surface area contributed by atoms with Crippen LogP contribution in [0.4, 0.5) is 10.5 Å². The molecule has 27 heavy (non-hydrogen) atoms. The summed E-state index contributed by atoms with van der Waals surface area (Å²) < 4.78 is 34.1. The lowest BCUT2D eigenvalue weighted by molar-refractivity contribution is -0.151. The number of anilines is 1. The van der Waals surface area contributed by atoms with Crippen molar-refractivity contribution in [3.63, 3.8) is 0 Å². The average molecular weight is 399 g/mol. The molecule has 1 heterocycles. The zero-order chi connectivity index (χ0) is 20.0. The molecule has 1 aliphatic heterocycles. The molecule has 0 bridgehead atoms. The Morgan fingerprint density at radius 1 is 1.22 bits per heavy atom. The highest BCUT2D eigenvalue weighted by Crippen LogP contribution is 2.21. The number of hydrogen-bond donors (Lipinski definition) is 2. The van der Waals surface area contributed by atoms with E-state index in [0.717, 1.165) is 10.6 Å². The molecule has 3 amide bonds. The zero-order valence-corrected chi connectivity index (χ0v) is 15.7. The maximum Gasteiger partial charge on any atom is 0.325 e. The van der Waals surface area contributed by atoms with Crippen molar-refractivity contribution in [1.29, 1.82) is 0 Å². The van der Waals surface area contributed by atoms with Crippen molar-refractivity contribution in [1.82, 2.24) is 9.62 Å². The second-order valence-electron chi connectivity index (χ2n) is 5.87. The Kier molecular flexibility index (Phi) is 6.75. The Morgan fingerprint density at radius 2 is 1.89 bits per heavy atom. The van der Waals surface area contributed by atoms with E-state index in [1.54, 1.807) is 24.3 Å². The van der Waals surface area contributed by atoms with Gasteiger partial charge in [0.1, 0.15) is 11.8 Å². The quantitative estimate of drug-likeness (QED) is 0.658. The molecule has 1 saturated heterocycles. The van der Waals surface area contributed by atoms with Crippen molar-refractivity contribution in [2.24, 2.45) is 0 Å². The smallest absolute Gasteiger partial charge is 0.325 e. The number of imide groups is 1. The third-order valence-corrected chi connectivity index (χ3v) is 5.14. The van der Waals surface area contributed by atoms with E-state index in [-0.39, 0.29) is 6.54 Å². The number of methoxy groups -OCH3 is 1. The molecule has 0 saturated carbocycles. The number of rotatable bonds is 6. The third kappa shape index (κ3) is 5.93. The standard InChI is InChI=1S/C16H21N3O7S/c1-25-12-7-5-11(6-8-12)17-16(22)18-14(20)10-26-15(21)13-4-3-9-19(13)27(2,23)24/h5-8,13H,3-4,9-10H2,1-2H3,(H2,17,18,20,22)/t13-/m0/s1. The summed E-state index contributed by atoms with van der Waals surface area (Å²) in [6, 6.07) is 4.70. The Labute approximate surface area is 156 Å². The van der Waals surface area contributed by atoms with Crippen LogP contribution in [-0.4, -0.2) is 63.2 Å². The number of nitrogens with zero attached hydrogens (tertiary/aromatic N) is 1. The van der Waals surface area contributed by atoms with E-state index in [1.165, 1.54) is 7.11 Å². The summed E-state index contributed by atoms with van der Waals surface area (Å²) in [5, 5.41) is 4.45. The fourth-order valence-electron chi connectivity index (χ4n) is 2.60. The zero-order valence-electron chi connectivity index (χ0n) is 14.9. The van der Waals surface area contributed by atoms with Crippen LogP contribution >= 0.6 is 0 Å². The Hall–Kier alpha value is -2.66. The van der Waals surface area contributed by atoms with Gasteiger partial charge in [0, 0.05) is 12.2 Å². The molecule has 1 aliphatic rings. The highest BCUT2D eigenvalue weighted by Gasteiger charge is 2.37. The molecule has 1 aromatic rings. The fraction of sp³-hybridized carbons (Fsp3) is 0.438. The van der Waals surface area contributed by atoms with Gasteiger partial charge in [-0.1, -0.05) is 0 Å². The number of urea groups is 1. The molecule has 1 fully saturated rings. The summed E-state index contributed by atoms with van der Waals surface area (Å²) in [6.07, 6.45) is 1.86. The first kappa shape index (κ1) is 20.6. The van der Waals surface area contributed by atoms with Gasteiger partial charge in [-0.3, -0.25) is 14.9 Å². The van der Waals surface area contributed by atoms with Gasteiger partial charge in [0.25, 0.3) is 5.91 Å². The van der Waals surface area contributed by atoms with E-state index in [2.05, 4.69) is 5.32 Å². The molecule has 2 rings (SSSR count). The normalized spacial score (nSPS) is 17.2. The summed E-state index contributed by atoms with van der Waals surface area (Å²) in [6.45, 7) is -0.460. The van der Waals surface area contributed by atoms with E-state index >= 15 is 0 Å². The molecule has 1 aromatic carbocycles. The molecule has 0 radical (unpaired) electrons. The topological polar surface area (TPSA) is 131 Å². The molecule has 0 aliphatic carbocycles. The van der Waals surface area contributed by atoms with Crippen molar-refractivity contribution < 1.29 is 32.3 Å². The minimum absolute atomic E-state index is 0.231. The predicted octanol–water partition coefficient (Wildman–Crippen LogP) is 0.311. The van der Waals surface area contributed by atoms with Crippen LogP contribution in [0, 0.1) is 0 Å². The van der Waals surface area contributed by atoms with Crippen LogP contribution in [0.1, 0.15) is 12.8 Å². The lowest BCUT2D eigenvalue weighted by atomic mass is 10.2. The lowest BCUT2D eigenvalue weighted by Crippen LogP contribution is -2.42. The van der Waals surface area contributed by atoms with Gasteiger partial charge in [-0.15, -0.1) is 0 Å². The van der Waals surface area contributed by atoms with Crippen molar-refractivity contribution in [3.8, 4) is 5.75 Å². The van der Waals surface area contributed by atoms with Gasteiger partial charge >= 0.3 is 12.0 Å². The Balaban J connectivity index is 1.79. The third-order valence-electron chi connectivity index (χ3n) is 3.85. The molecular weight excluding hydrogens is 378 g/mol. The van der Waals surface area contributed by atoms with Gasteiger partial charge in [-0.2, -0.15) is 4.31 Å². The highest BCUT2D eigenvalue weighted by molar-refractivity contribution is 7.88. The molecule has 148 valence electrons. The number of esters is 1. The Morgan fingerprint density at radius 3 is 2.48 bits per heavy atom. The number of sulfonamides is 1. The first-order chi connectivity index (χ1) is 12.7. The van der Waals surface area contributed by atoms with Crippen LogP contribution in [0.2, 0.25) is 0 Å². The van der Waals surface area contributed by atoms with E-state index in [9.17, 15) is 22.8 Å². The van der Waals surface area contributed by atoms with Gasteiger partial charge in [-0.05, 0) is 37.1 Å². The van der Waals surface area contributed by atoms with Crippen molar-refractivity contribution >= 4 is 33.6 Å². The molecule has 11 heteroatoms. The van der Waals surface area contributed by atoms with Crippen LogP contribution in [0.5, 0.6) is 5.75 Å². The first-order valence-electron chi connectivity index (χ1n) is 8.09. The monoisotopic (exact) mass is 399 g/mol. The number of hydrogen-bond acceptors (Lipinski definition) is 7. The largest absolute Gasteiger partial charge is 0.497 e. The molecule has 0 aromatic heterocycles. The molecule has 10 nitrogen and oxygen atoms in total. The number of nitrogens with one attached hydrogen (secondary N) is 2. The van der Waals surface area contributed by atoms with Crippen LogP contribution in [0.3, 0.4) is 0 Å². The van der Waals surface area contributed by atoms with Gasteiger partial charge < -0.3 is 14.8 Å². The maximum absolute atomic E-state index is 12.0. The minimum atomic E-state index is -3.54. The molecule has 0 unspecified atom stereocenters. The maximum atomic E-state index is 12.0. The summed E-state index contributed by atoms with van der Waals surface area (Å²) in [7, 11) is -2.03. The molecule has 0 spiro atoms. The Bertz CT molecular complexity index is 808. The summed E-state index contributed by atoms with van der Waals surface area (Å²) >= 11 is 0. The molecular formula is C16H21N3O7S. The second kappa shape index (κ2) is 8.82. The van der Waals surface area contributed by atoms with Crippen molar-refractivity contribution in [2.45, 2.75) is 18.9 Å². The molecule has 2 N–H and O–H groups in total. The van der Waals surface area contributed by atoms with Crippen LogP contribution < -0.4 is 15.4 Å². The predicted molar refractivity (Wildman–Crippen MR) is 95.7 cm³/mol. The van der Waals surface area contributed by atoms with Gasteiger partial charge in [0.2, 0.25) is 10.0 Å². The number of benzene rings is 1. The van der Waals surface area contributed by atoms with Crippen molar-refractivity contribution in [3.05, 3.63) is 24.3 Å². The first-order valence-corrected chi connectivity index (χ1v) is 9.94. The lowest BCUT2D eigenvalue weighted by Gasteiger charge is -2.20. The molecule has 1 atom stereocenters.